The molecule has 190 valence electrons. The Labute approximate surface area is 198 Å². The van der Waals surface area contributed by atoms with Gasteiger partial charge >= 0.3 is 24.1 Å². The van der Waals surface area contributed by atoms with Crippen LogP contribution in [-0.2, 0) is 20.7 Å². The van der Waals surface area contributed by atoms with Gasteiger partial charge in [0.25, 0.3) is 0 Å². The molecule has 0 radical (unpaired) electrons. The Morgan fingerprint density at radius 3 is 2.29 bits per heavy atom. The summed E-state index contributed by atoms with van der Waals surface area (Å²) in [5.41, 5.74) is 0.590. The Balaban J connectivity index is 1.87. The minimum Gasteiger partial charge on any atom is -0.386 e. The normalized spacial score (nSPS) is 18.5. The number of amides is 2. The highest BCUT2D eigenvalue weighted by Crippen LogP contribution is 2.26. The van der Waals surface area contributed by atoms with Crippen molar-refractivity contribution in [3.63, 3.8) is 0 Å². The lowest BCUT2D eigenvalue weighted by molar-refractivity contribution is -0.202. The van der Waals surface area contributed by atoms with Crippen molar-refractivity contribution in [2.75, 3.05) is 25.5 Å². The first-order valence-corrected chi connectivity index (χ1v) is 11.7. The van der Waals surface area contributed by atoms with Crippen molar-refractivity contribution in [2.24, 2.45) is 0 Å². The van der Waals surface area contributed by atoms with Crippen molar-refractivity contribution >= 4 is 23.7 Å². The predicted molar refractivity (Wildman–Crippen MR) is 122 cm³/mol. The minimum absolute atomic E-state index is 0.229. The Morgan fingerprint density at radius 1 is 1.06 bits per heavy atom. The number of benzene rings is 1. The number of nitrogens with zero attached hydrogens (tertiary/aromatic N) is 1. The molecular weight excluding hydrogens is 451 g/mol. The van der Waals surface area contributed by atoms with Crippen molar-refractivity contribution < 1.29 is 32.3 Å². The fourth-order valence-electron chi connectivity index (χ4n) is 4.11. The molecule has 0 bridgehead atoms. The number of halogens is 3. The van der Waals surface area contributed by atoms with E-state index in [1.54, 1.807) is 19.2 Å². The van der Waals surface area contributed by atoms with Crippen LogP contribution in [0.15, 0.2) is 24.3 Å². The second kappa shape index (κ2) is 12.7. The van der Waals surface area contributed by atoms with Crippen molar-refractivity contribution in [1.82, 2.24) is 10.2 Å². The van der Waals surface area contributed by atoms with Crippen LogP contribution < -0.4 is 10.6 Å². The molecule has 2 N–H and O–H groups in total. The van der Waals surface area contributed by atoms with E-state index in [-0.39, 0.29) is 6.54 Å². The number of urea groups is 1. The van der Waals surface area contributed by atoms with Crippen LogP contribution in [0.25, 0.3) is 0 Å². The fourth-order valence-corrected chi connectivity index (χ4v) is 4.11. The number of alkyl halides is 3. The van der Waals surface area contributed by atoms with Crippen molar-refractivity contribution in [3.05, 3.63) is 29.8 Å². The summed E-state index contributed by atoms with van der Waals surface area (Å²) in [4.78, 5) is 37.3. The van der Waals surface area contributed by atoms with E-state index in [1.165, 1.54) is 37.7 Å². The molecule has 0 aliphatic carbocycles. The molecule has 1 heterocycles. The van der Waals surface area contributed by atoms with Gasteiger partial charge in [-0.3, -0.25) is 4.79 Å². The number of hydrogen-bond donors (Lipinski definition) is 2. The molecule has 1 saturated heterocycles. The second-order valence-corrected chi connectivity index (χ2v) is 9.00. The molecule has 2 rings (SSSR count). The molecule has 1 atom stereocenters. The molecule has 1 aromatic rings. The molecule has 10 heteroatoms. The van der Waals surface area contributed by atoms with Gasteiger partial charge in [0.05, 0.1) is 12.0 Å². The number of esters is 2. The molecule has 1 aliphatic rings. The Kier molecular flexibility index (Phi) is 10.3. The van der Waals surface area contributed by atoms with Crippen LogP contribution in [0.3, 0.4) is 0 Å². The number of carbonyl (C=O) groups excluding carboxylic acids is 3. The van der Waals surface area contributed by atoms with Crippen LogP contribution in [0, 0.1) is 0 Å². The van der Waals surface area contributed by atoms with E-state index >= 15 is 0 Å². The number of ether oxygens (including phenoxy) is 1. The third-order valence-corrected chi connectivity index (χ3v) is 5.87. The van der Waals surface area contributed by atoms with Crippen molar-refractivity contribution in [2.45, 2.75) is 76.4 Å². The van der Waals surface area contributed by atoms with Gasteiger partial charge in [0.2, 0.25) is 0 Å². The molecule has 2 amide bonds. The largest absolute Gasteiger partial charge is 0.491 e. The maximum Gasteiger partial charge on any atom is 0.491 e. The van der Waals surface area contributed by atoms with Crippen molar-refractivity contribution in [1.29, 1.82) is 0 Å². The molecule has 34 heavy (non-hydrogen) atoms. The lowest BCUT2D eigenvalue weighted by Crippen LogP contribution is -2.53. The summed E-state index contributed by atoms with van der Waals surface area (Å²) < 4.78 is 41.1. The molecular formula is C24H34F3N3O4. The SMILES string of the molecule is CCCCCCCCc1ccc(NC(=O)NC2(CC(=O)OC(=O)C(F)(F)F)CCN(C)C2)cc1. The summed E-state index contributed by atoms with van der Waals surface area (Å²) in [5.74, 6) is -3.90. The van der Waals surface area contributed by atoms with Gasteiger partial charge in [0.15, 0.2) is 0 Å². The van der Waals surface area contributed by atoms with E-state index in [4.69, 9.17) is 0 Å². The molecule has 0 spiro atoms. The van der Waals surface area contributed by atoms with Gasteiger partial charge in [-0.15, -0.1) is 0 Å². The molecule has 1 aliphatic heterocycles. The highest BCUT2D eigenvalue weighted by molar-refractivity contribution is 5.92. The lowest BCUT2D eigenvalue weighted by atomic mass is 9.94. The first-order valence-electron chi connectivity index (χ1n) is 11.7. The standard InChI is InChI=1S/C24H34F3N3O4/c1-3-4-5-6-7-8-9-18-10-12-19(13-11-18)28-22(33)29-23(14-15-30(2)17-23)16-20(31)34-21(32)24(25,26)27/h10-13H,3-9,14-17H2,1-2H3,(H2,28,29,33). The van der Waals surface area contributed by atoms with Crippen LogP contribution in [0.5, 0.6) is 0 Å². The Hall–Kier alpha value is -2.62. The van der Waals surface area contributed by atoms with Gasteiger partial charge in [0, 0.05) is 18.8 Å². The number of likely N-dealkylation sites (tertiary alicyclic amines) is 1. The molecule has 1 fully saturated rings. The molecule has 1 aromatic carbocycles. The summed E-state index contributed by atoms with van der Waals surface area (Å²) in [6.45, 7) is 2.94. The van der Waals surface area contributed by atoms with Gasteiger partial charge < -0.3 is 20.3 Å². The van der Waals surface area contributed by atoms with Gasteiger partial charge in [-0.2, -0.15) is 13.2 Å². The summed E-state index contributed by atoms with van der Waals surface area (Å²) in [7, 11) is 1.76. The van der Waals surface area contributed by atoms with E-state index in [1.807, 2.05) is 17.0 Å². The molecule has 0 saturated carbocycles. The van der Waals surface area contributed by atoms with Gasteiger partial charge in [-0.05, 0) is 44.0 Å². The molecule has 0 aromatic heterocycles. The van der Waals surface area contributed by atoms with Crippen LogP contribution in [0.2, 0.25) is 0 Å². The highest BCUT2D eigenvalue weighted by Gasteiger charge is 2.45. The molecule has 1 unspecified atom stereocenters. The quantitative estimate of drug-likeness (QED) is 0.267. The fraction of sp³-hybridized carbons (Fsp3) is 0.625. The van der Waals surface area contributed by atoms with E-state index in [2.05, 4.69) is 22.3 Å². The topological polar surface area (TPSA) is 87.7 Å². The first kappa shape index (κ1) is 27.6. The highest BCUT2D eigenvalue weighted by atomic mass is 19.4. The summed E-state index contributed by atoms with van der Waals surface area (Å²) in [5, 5.41) is 5.40. The third-order valence-electron chi connectivity index (χ3n) is 5.87. The summed E-state index contributed by atoms with van der Waals surface area (Å²) in [6, 6.07) is 6.88. The van der Waals surface area contributed by atoms with Crippen LogP contribution in [-0.4, -0.2) is 54.7 Å². The average molecular weight is 486 g/mol. The average Bonchev–Trinajstić information content (AvgIpc) is 3.10. The number of unbranched alkanes of at least 4 members (excludes halogenated alkanes) is 5. The number of hydrogen-bond acceptors (Lipinski definition) is 5. The predicted octanol–water partition coefficient (Wildman–Crippen LogP) is 4.81. The van der Waals surface area contributed by atoms with Crippen LogP contribution in [0.1, 0.15) is 63.9 Å². The zero-order valence-corrected chi connectivity index (χ0v) is 19.8. The zero-order chi connectivity index (χ0) is 25.2. The monoisotopic (exact) mass is 485 g/mol. The Morgan fingerprint density at radius 2 is 1.71 bits per heavy atom. The number of rotatable bonds is 11. The first-order chi connectivity index (χ1) is 16.0. The maximum absolute atomic E-state index is 12.6. The van der Waals surface area contributed by atoms with Gasteiger partial charge in [-0.25, -0.2) is 9.59 Å². The minimum atomic E-state index is -5.26. The third kappa shape index (κ3) is 9.32. The van der Waals surface area contributed by atoms with E-state index in [0.717, 1.165) is 12.8 Å². The number of nitrogens with one attached hydrogen (secondary N) is 2. The lowest BCUT2D eigenvalue weighted by Gasteiger charge is -2.29. The van der Waals surface area contributed by atoms with E-state index in [0.29, 0.717) is 18.7 Å². The zero-order valence-electron chi connectivity index (χ0n) is 19.8. The van der Waals surface area contributed by atoms with Crippen LogP contribution >= 0.6 is 0 Å². The van der Waals surface area contributed by atoms with Crippen molar-refractivity contribution in [3.8, 4) is 0 Å². The number of likely N-dealkylation sites (N-methyl/N-ethyl adjacent to an activating group) is 1. The van der Waals surface area contributed by atoms with Gasteiger partial charge in [-0.1, -0.05) is 51.2 Å². The molecule has 7 nitrogen and oxygen atoms in total. The number of aryl methyl sites for hydroxylation is 1. The van der Waals surface area contributed by atoms with E-state index in [9.17, 15) is 27.6 Å². The maximum atomic E-state index is 12.6. The second-order valence-electron chi connectivity index (χ2n) is 9.00. The summed E-state index contributed by atoms with van der Waals surface area (Å²) >= 11 is 0. The van der Waals surface area contributed by atoms with E-state index < -0.39 is 36.1 Å². The van der Waals surface area contributed by atoms with Gasteiger partial charge in [0.1, 0.15) is 0 Å². The van der Waals surface area contributed by atoms with Crippen LogP contribution in [0.4, 0.5) is 23.7 Å². The smallest absolute Gasteiger partial charge is 0.386 e. The Bertz CT molecular complexity index is 830. The number of anilines is 1. The summed E-state index contributed by atoms with van der Waals surface area (Å²) in [6.07, 6.45) is 2.77. The number of carbonyl (C=O) groups is 3.